The molecular weight excluding hydrogens is 268 g/mol. The summed E-state index contributed by atoms with van der Waals surface area (Å²) >= 11 is 0. The zero-order chi connectivity index (χ0) is 14.8. The molecule has 3 rings (SSSR count). The van der Waals surface area contributed by atoms with Crippen LogP contribution in [0.1, 0.15) is 44.9 Å². The topological polar surface area (TPSA) is 60.9 Å². The molecule has 1 amide bonds. The molecule has 0 aromatic carbocycles. The van der Waals surface area contributed by atoms with Gasteiger partial charge >= 0.3 is 5.97 Å². The molecule has 21 heavy (non-hydrogen) atoms. The molecule has 0 radical (unpaired) electrons. The second-order valence-electron chi connectivity index (χ2n) is 6.81. The average Bonchev–Trinajstić information content (AvgIpc) is 2.53. The molecule has 0 aromatic rings. The highest BCUT2D eigenvalue weighted by Gasteiger charge is 2.40. The predicted octanol–water partition coefficient (Wildman–Crippen LogP) is 1.57. The Morgan fingerprint density at radius 1 is 0.857 bits per heavy atom. The highest BCUT2D eigenvalue weighted by Crippen LogP contribution is 2.32. The molecule has 1 saturated carbocycles. The molecule has 1 aliphatic carbocycles. The van der Waals surface area contributed by atoms with Crippen LogP contribution in [0.25, 0.3) is 0 Å². The van der Waals surface area contributed by atoms with Gasteiger partial charge in [0.2, 0.25) is 5.91 Å². The van der Waals surface area contributed by atoms with E-state index in [-0.39, 0.29) is 11.8 Å². The van der Waals surface area contributed by atoms with Gasteiger partial charge in [0.25, 0.3) is 0 Å². The summed E-state index contributed by atoms with van der Waals surface area (Å²) in [6.45, 7) is 3.70. The average molecular weight is 294 g/mol. The second kappa shape index (κ2) is 6.34. The Bertz CT molecular complexity index is 412. The molecule has 5 heteroatoms. The van der Waals surface area contributed by atoms with Gasteiger partial charge in [-0.05, 0) is 32.2 Å². The third-order valence-corrected chi connectivity index (χ3v) is 5.55. The highest BCUT2D eigenvalue weighted by molar-refractivity contribution is 5.85. The van der Waals surface area contributed by atoms with Crippen molar-refractivity contribution in [2.75, 3.05) is 26.2 Å². The van der Waals surface area contributed by atoms with E-state index in [9.17, 15) is 14.7 Å². The molecule has 1 N–H and O–H groups in total. The van der Waals surface area contributed by atoms with Crippen molar-refractivity contribution in [2.24, 2.45) is 11.8 Å². The molecule has 0 spiro atoms. The molecule has 3 fully saturated rings. The fraction of sp³-hybridized carbons (Fsp3) is 0.875. The largest absolute Gasteiger partial charge is 0.481 e. The maximum absolute atomic E-state index is 12.8. The van der Waals surface area contributed by atoms with Gasteiger partial charge in [-0.1, -0.05) is 19.3 Å². The van der Waals surface area contributed by atoms with Crippen molar-refractivity contribution >= 4 is 11.9 Å². The standard InChI is InChI=1S/C16H26N2O3/c19-15(13-6-1-2-7-14(13)16(20)21)18-10-9-17-8-4-3-5-12(17)11-18/h12-14H,1-11H2,(H,20,21)/t12?,13-,14+/m1/s1. The molecule has 2 heterocycles. The Labute approximate surface area is 126 Å². The van der Waals surface area contributed by atoms with E-state index < -0.39 is 11.9 Å². The molecule has 3 aliphatic rings. The van der Waals surface area contributed by atoms with Crippen LogP contribution in [0.2, 0.25) is 0 Å². The maximum Gasteiger partial charge on any atom is 0.307 e. The number of carbonyl (C=O) groups excluding carboxylic acids is 1. The Balaban J connectivity index is 1.65. The van der Waals surface area contributed by atoms with Crippen LogP contribution in [0.5, 0.6) is 0 Å². The van der Waals surface area contributed by atoms with Gasteiger partial charge in [0.1, 0.15) is 0 Å². The van der Waals surface area contributed by atoms with Crippen LogP contribution in [0.4, 0.5) is 0 Å². The van der Waals surface area contributed by atoms with Crippen molar-refractivity contribution in [3.05, 3.63) is 0 Å². The lowest BCUT2D eigenvalue weighted by Gasteiger charge is -2.45. The second-order valence-corrected chi connectivity index (χ2v) is 6.81. The number of hydrogen-bond donors (Lipinski definition) is 1. The predicted molar refractivity (Wildman–Crippen MR) is 78.9 cm³/mol. The first-order valence-electron chi connectivity index (χ1n) is 8.42. The van der Waals surface area contributed by atoms with Gasteiger partial charge < -0.3 is 10.0 Å². The summed E-state index contributed by atoms with van der Waals surface area (Å²) in [6, 6.07) is 0.503. The smallest absolute Gasteiger partial charge is 0.307 e. The lowest BCUT2D eigenvalue weighted by atomic mass is 9.78. The Kier molecular flexibility index (Phi) is 4.48. The number of amides is 1. The number of carboxylic acid groups (broad SMARTS) is 1. The fourth-order valence-electron chi connectivity index (χ4n) is 4.31. The van der Waals surface area contributed by atoms with E-state index in [0.29, 0.717) is 12.5 Å². The molecular formula is C16H26N2O3. The summed E-state index contributed by atoms with van der Waals surface area (Å²) in [5.41, 5.74) is 0. The van der Waals surface area contributed by atoms with Crippen LogP contribution in [0, 0.1) is 11.8 Å². The zero-order valence-corrected chi connectivity index (χ0v) is 12.7. The third-order valence-electron chi connectivity index (χ3n) is 5.55. The Morgan fingerprint density at radius 2 is 1.57 bits per heavy atom. The van der Waals surface area contributed by atoms with Gasteiger partial charge in [0.15, 0.2) is 0 Å². The van der Waals surface area contributed by atoms with E-state index in [1.54, 1.807) is 0 Å². The number of carbonyl (C=O) groups is 2. The number of carboxylic acids is 1. The quantitative estimate of drug-likeness (QED) is 0.840. The van der Waals surface area contributed by atoms with Crippen LogP contribution in [-0.4, -0.2) is 59.0 Å². The molecule has 3 atom stereocenters. The third kappa shape index (κ3) is 3.07. The van der Waals surface area contributed by atoms with Crippen molar-refractivity contribution in [3.63, 3.8) is 0 Å². The van der Waals surface area contributed by atoms with Gasteiger partial charge in [-0.15, -0.1) is 0 Å². The van der Waals surface area contributed by atoms with Crippen molar-refractivity contribution in [2.45, 2.75) is 51.0 Å². The number of aliphatic carboxylic acids is 1. The SMILES string of the molecule is O=C(O)[C@H]1CCCC[C@H]1C(=O)N1CCN2CCCCC2C1. The molecule has 0 aromatic heterocycles. The van der Waals surface area contributed by atoms with Gasteiger partial charge in [-0.2, -0.15) is 0 Å². The molecule has 5 nitrogen and oxygen atoms in total. The van der Waals surface area contributed by atoms with Gasteiger partial charge in [0.05, 0.1) is 11.8 Å². The normalized spacial score (nSPS) is 34.3. The summed E-state index contributed by atoms with van der Waals surface area (Å²) in [4.78, 5) is 28.6. The number of fused-ring (bicyclic) bond motifs is 1. The Hall–Kier alpha value is -1.10. The number of nitrogens with zero attached hydrogens (tertiary/aromatic N) is 2. The summed E-state index contributed by atoms with van der Waals surface area (Å²) in [7, 11) is 0. The molecule has 1 unspecified atom stereocenters. The first-order chi connectivity index (χ1) is 10.2. The first-order valence-corrected chi connectivity index (χ1v) is 8.42. The highest BCUT2D eigenvalue weighted by atomic mass is 16.4. The summed E-state index contributed by atoms with van der Waals surface area (Å²) in [5, 5.41) is 9.36. The lowest BCUT2D eigenvalue weighted by Crippen LogP contribution is -2.57. The number of piperazine rings is 1. The minimum atomic E-state index is -0.788. The van der Waals surface area contributed by atoms with Crippen molar-refractivity contribution in [1.29, 1.82) is 0 Å². The maximum atomic E-state index is 12.8. The van der Waals surface area contributed by atoms with Crippen LogP contribution in [0.3, 0.4) is 0 Å². The summed E-state index contributed by atoms with van der Waals surface area (Å²) < 4.78 is 0. The van der Waals surface area contributed by atoms with Crippen LogP contribution < -0.4 is 0 Å². The number of rotatable bonds is 2. The van der Waals surface area contributed by atoms with Crippen LogP contribution in [0.15, 0.2) is 0 Å². The van der Waals surface area contributed by atoms with Crippen molar-refractivity contribution in [3.8, 4) is 0 Å². The molecule has 2 aliphatic heterocycles. The number of hydrogen-bond acceptors (Lipinski definition) is 3. The molecule has 118 valence electrons. The van der Waals surface area contributed by atoms with E-state index in [1.165, 1.54) is 19.3 Å². The molecule has 0 bridgehead atoms. The fourth-order valence-corrected chi connectivity index (χ4v) is 4.31. The van der Waals surface area contributed by atoms with E-state index in [4.69, 9.17) is 0 Å². The summed E-state index contributed by atoms with van der Waals surface area (Å²) in [6.07, 6.45) is 7.05. The van der Waals surface area contributed by atoms with E-state index >= 15 is 0 Å². The lowest BCUT2D eigenvalue weighted by molar-refractivity contribution is -0.153. The minimum absolute atomic E-state index is 0.104. The monoisotopic (exact) mass is 294 g/mol. The van der Waals surface area contributed by atoms with Crippen molar-refractivity contribution in [1.82, 2.24) is 9.80 Å². The Morgan fingerprint density at radius 3 is 2.33 bits per heavy atom. The number of piperidine rings is 1. The van der Waals surface area contributed by atoms with Crippen molar-refractivity contribution < 1.29 is 14.7 Å². The van der Waals surface area contributed by atoms with E-state index in [2.05, 4.69) is 4.90 Å². The zero-order valence-electron chi connectivity index (χ0n) is 12.7. The summed E-state index contributed by atoms with van der Waals surface area (Å²) in [5.74, 6) is -1.43. The van der Waals surface area contributed by atoms with Gasteiger partial charge in [-0.25, -0.2) is 0 Å². The van der Waals surface area contributed by atoms with Crippen LogP contribution in [-0.2, 0) is 9.59 Å². The van der Waals surface area contributed by atoms with Gasteiger partial charge in [-0.3, -0.25) is 14.5 Å². The van der Waals surface area contributed by atoms with E-state index in [1.807, 2.05) is 4.90 Å². The minimum Gasteiger partial charge on any atom is -0.481 e. The first kappa shape index (κ1) is 14.8. The van der Waals surface area contributed by atoms with Gasteiger partial charge in [0, 0.05) is 25.7 Å². The van der Waals surface area contributed by atoms with Crippen LogP contribution >= 0.6 is 0 Å². The van der Waals surface area contributed by atoms with E-state index in [0.717, 1.165) is 45.4 Å². The molecule has 2 saturated heterocycles.